The molecule has 2 aromatic carbocycles. The predicted octanol–water partition coefficient (Wildman–Crippen LogP) is 4.69. The highest BCUT2D eigenvalue weighted by molar-refractivity contribution is 9.10. The average molecular weight is 358 g/mol. The third kappa shape index (κ3) is 2.63. The quantitative estimate of drug-likeness (QED) is 0.726. The Morgan fingerprint density at radius 1 is 1.05 bits per heavy atom. The SMILES string of the molecule is Fc1ccc(Br)cc1C(Cl)c1ccc2c(c1)OCCO2. The van der Waals surface area contributed by atoms with Crippen LogP contribution in [0.4, 0.5) is 4.39 Å². The van der Waals surface area contributed by atoms with E-state index >= 15 is 0 Å². The van der Waals surface area contributed by atoms with Crippen LogP contribution < -0.4 is 9.47 Å². The van der Waals surface area contributed by atoms with Gasteiger partial charge in [0.05, 0.1) is 5.38 Å². The van der Waals surface area contributed by atoms with Gasteiger partial charge >= 0.3 is 0 Å². The molecule has 5 heteroatoms. The Bertz CT molecular complexity index is 648. The lowest BCUT2D eigenvalue weighted by Crippen LogP contribution is -2.15. The molecule has 2 aromatic rings. The summed E-state index contributed by atoms with van der Waals surface area (Å²) in [5, 5.41) is -0.580. The van der Waals surface area contributed by atoms with E-state index < -0.39 is 5.38 Å². The van der Waals surface area contributed by atoms with E-state index in [0.29, 0.717) is 30.3 Å². The first-order valence-electron chi connectivity index (χ1n) is 6.14. The largest absolute Gasteiger partial charge is 0.486 e. The van der Waals surface area contributed by atoms with Gasteiger partial charge < -0.3 is 9.47 Å². The van der Waals surface area contributed by atoms with Crippen LogP contribution in [0.1, 0.15) is 16.5 Å². The van der Waals surface area contributed by atoms with Gasteiger partial charge in [0.15, 0.2) is 11.5 Å². The molecule has 0 spiro atoms. The van der Waals surface area contributed by atoms with Crippen LogP contribution in [-0.2, 0) is 0 Å². The van der Waals surface area contributed by atoms with E-state index in [9.17, 15) is 4.39 Å². The first-order valence-corrected chi connectivity index (χ1v) is 7.36. The van der Waals surface area contributed by atoms with Crippen molar-refractivity contribution < 1.29 is 13.9 Å². The second-order valence-corrected chi connectivity index (χ2v) is 5.78. The van der Waals surface area contributed by atoms with Crippen LogP contribution in [0.2, 0.25) is 0 Å². The van der Waals surface area contributed by atoms with Crippen molar-refractivity contribution in [2.75, 3.05) is 13.2 Å². The molecule has 0 radical (unpaired) electrons. The molecule has 1 heterocycles. The lowest BCUT2D eigenvalue weighted by atomic mass is 10.0. The number of benzene rings is 2. The summed E-state index contributed by atoms with van der Waals surface area (Å²) in [5.74, 6) is 1.01. The monoisotopic (exact) mass is 356 g/mol. The Labute approximate surface area is 129 Å². The van der Waals surface area contributed by atoms with Gasteiger partial charge in [0, 0.05) is 10.0 Å². The Morgan fingerprint density at radius 3 is 2.60 bits per heavy atom. The van der Waals surface area contributed by atoms with Crippen molar-refractivity contribution in [1.82, 2.24) is 0 Å². The molecule has 20 heavy (non-hydrogen) atoms. The van der Waals surface area contributed by atoms with E-state index in [-0.39, 0.29) is 5.82 Å². The maximum atomic E-state index is 13.9. The summed E-state index contributed by atoms with van der Waals surface area (Å²) in [4.78, 5) is 0. The van der Waals surface area contributed by atoms with Crippen LogP contribution in [0.3, 0.4) is 0 Å². The molecule has 2 nitrogen and oxygen atoms in total. The lowest BCUT2D eigenvalue weighted by molar-refractivity contribution is 0.171. The maximum Gasteiger partial charge on any atom is 0.161 e. The van der Waals surface area contributed by atoms with Gasteiger partial charge in [-0.3, -0.25) is 0 Å². The van der Waals surface area contributed by atoms with Crippen LogP contribution in [0.25, 0.3) is 0 Å². The summed E-state index contributed by atoms with van der Waals surface area (Å²) in [7, 11) is 0. The van der Waals surface area contributed by atoms with E-state index in [2.05, 4.69) is 15.9 Å². The number of ether oxygens (including phenoxy) is 2. The zero-order valence-electron chi connectivity index (χ0n) is 10.4. The van der Waals surface area contributed by atoms with Crippen molar-refractivity contribution in [3.8, 4) is 11.5 Å². The molecular formula is C15H11BrClFO2. The third-order valence-corrected chi connectivity index (χ3v) is 4.07. The van der Waals surface area contributed by atoms with E-state index in [0.717, 1.165) is 10.0 Å². The fourth-order valence-corrected chi connectivity index (χ4v) is 2.79. The first kappa shape index (κ1) is 13.7. The molecule has 0 bridgehead atoms. The molecular weight excluding hydrogens is 347 g/mol. The fourth-order valence-electron chi connectivity index (χ4n) is 2.11. The minimum atomic E-state index is -0.580. The van der Waals surface area contributed by atoms with Crippen molar-refractivity contribution in [3.05, 3.63) is 57.8 Å². The zero-order chi connectivity index (χ0) is 14.1. The number of fused-ring (bicyclic) bond motifs is 1. The molecule has 1 atom stereocenters. The second kappa shape index (κ2) is 5.62. The topological polar surface area (TPSA) is 18.5 Å². The smallest absolute Gasteiger partial charge is 0.161 e. The van der Waals surface area contributed by atoms with Crippen molar-refractivity contribution in [1.29, 1.82) is 0 Å². The van der Waals surface area contributed by atoms with Gasteiger partial charge in [0.1, 0.15) is 19.0 Å². The van der Waals surface area contributed by atoms with Crippen LogP contribution in [0.5, 0.6) is 11.5 Å². The highest BCUT2D eigenvalue weighted by Gasteiger charge is 2.19. The van der Waals surface area contributed by atoms with Crippen molar-refractivity contribution in [2.45, 2.75) is 5.38 Å². The summed E-state index contributed by atoms with van der Waals surface area (Å²) >= 11 is 9.72. The van der Waals surface area contributed by atoms with Crippen LogP contribution >= 0.6 is 27.5 Å². The summed E-state index contributed by atoms with van der Waals surface area (Å²) in [6.45, 7) is 1.05. The highest BCUT2D eigenvalue weighted by Crippen LogP contribution is 2.38. The van der Waals surface area contributed by atoms with E-state index in [4.69, 9.17) is 21.1 Å². The summed E-state index contributed by atoms with van der Waals surface area (Å²) in [6.07, 6.45) is 0. The molecule has 0 saturated heterocycles. The average Bonchev–Trinajstić information content (AvgIpc) is 2.48. The normalized spacial score (nSPS) is 14.9. The minimum Gasteiger partial charge on any atom is -0.486 e. The number of alkyl halides is 1. The molecule has 0 aromatic heterocycles. The molecule has 1 unspecified atom stereocenters. The van der Waals surface area contributed by atoms with Gasteiger partial charge in [-0.25, -0.2) is 4.39 Å². The zero-order valence-corrected chi connectivity index (χ0v) is 12.7. The number of rotatable bonds is 2. The molecule has 0 aliphatic carbocycles. The highest BCUT2D eigenvalue weighted by atomic mass is 79.9. The predicted molar refractivity (Wildman–Crippen MR) is 79.2 cm³/mol. The molecule has 1 aliphatic rings. The molecule has 0 N–H and O–H groups in total. The van der Waals surface area contributed by atoms with Crippen molar-refractivity contribution in [3.63, 3.8) is 0 Å². The molecule has 0 fully saturated rings. The van der Waals surface area contributed by atoms with Crippen LogP contribution in [-0.4, -0.2) is 13.2 Å². The summed E-state index contributed by atoms with van der Waals surface area (Å²) in [6, 6.07) is 10.1. The standard InChI is InChI=1S/C15H11BrClFO2/c16-10-2-3-12(18)11(8-10)15(17)9-1-4-13-14(7-9)20-6-5-19-13/h1-4,7-8,15H,5-6H2. The lowest BCUT2D eigenvalue weighted by Gasteiger charge is -2.20. The van der Waals surface area contributed by atoms with Crippen LogP contribution in [0, 0.1) is 5.82 Å². The first-order chi connectivity index (χ1) is 9.65. The van der Waals surface area contributed by atoms with Crippen molar-refractivity contribution >= 4 is 27.5 Å². The molecule has 3 rings (SSSR count). The van der Waals surface area contributed by atoms with E-state index in [1.54, 1.807) is 24.3 Å². The van der Waals surface area contributed by atoms with Gasteiger partial charge in [0.2, 0.25) is 0 Å². The molecule has 0 amide bonds. The third-order valence-electron chi connectivity index (χ3n) is 3.09. The molecule has 0 saturated carbocycles. The fraction of sp³-hybridized carbons (Fsp3) is 0.200. The van der Waals surface area contributed by atoms with Crippen LogP contribution in [0.15, 0.2) is 40.9 Å². The Balaban J connectivity index is 1.97. The van der Waals surface area contributed by atoms with E-state index in [1.165, 1.54) is 6.07 Å². The number of halogens is 3. The number of hydrogen-bond donors (Lipinski definition) is 0. The van der Waals surface area contributed by atoms with Gasteiger partial charge in [-0.15, -0.1) is 11.6 Å². The van der Waals surface area contributed by atoms with Gasteiger partial charge in [-0.05, 0) is 35.9 Å². The van der Waals surface area contributed by atoms with Crippen molar-refractivity contribution in [2.24, 2.45) is 0 Å². The van der Waals surface area contributed by atoms with Gasteiger partial charge in [0.25, 0.3) is 0 Å². The van der Waals surface area contributed by atoms with Gasteiger partial charge in [-0.2, -0.15) is 0 Å². The second-order valence-electron chi connectivity index (χ2n) is 4.43. The Morgan fingerprint density at radius 2 is 1.80 bits per heavy atom. The molecule has 1 aliphatic heterocycles. The Hall–Kier alpha value is -1.26. The van der Waals surface area contributed by atoms with E-state index in [1.807, 2.05) is 6.07 Å². The van der Waals surface area contributed by atoms with Gasteiger partial charge in [-0.1, -0.05) is 22.0 Å². The summed E-state index contributed by atoms with van der Waals surface area (Å²) < 4.78 is 25.6. The minimum absolute atomic E-state index is 0.330. The molecule has 104 valence electrons. The maximum absolute atomic E-state index is 13.9. The Kier molecular flexibility index (Phi) is 3.85. The summed E-state index contributed by atoms with van der Waals surface area (Å²) in [5.41, 5.74) is 1.20. The number of hydrogen-bond acceptors (Lipinski definition) is 2.